The number of hydrogen-bond acceptors (Lipinski definition) is 5. The van der Waals surface area contributed by atoms with Crippen LogP contribution in [0, 0.1) is 6.92 Å². The van der Waals surface area contributed by atoms with Crippen molar-refractivity contribution >= 4 is 35.5 Å². The molecule has 0 unspecified atom stereocenters. The Hall–Kier alpha value is -1.12. The molecule has 1 N–H and O–H groups in total. The van der Waals surface area contributed by atoms with Crippen molar-refractivity contribution in [2.24, 2.45) is 0 Å². The van der Waals surface area contributed by atoms with Gasteiger partial charge in [-0.2, -0.15) is 0 Å². The van der Waals surface area contributed by atoms with E-state index in [2.05, 4.69) is 5.32 Å². The lowest BCUT2D eigenvalue weighted by Crippen LogP contribution is -2.29. The highest BCUT2D eigenvalue weighted by Crippen LogP contribution is 2.18. The predicted molar refractivity (Wildman–Crippen MR) is 80.9 cm³/mol. The predicted octanol–water partition coefficient (Wildman–Crippen LogP) is 1.09. The van der Waals surface area contributed by atoms with Crippen LogP contribution in [0.5, 0.6) is 0 Å². The lowest BCUT2D eigenvalue weighted by atomic mass is 10.1. The molecule has 0 radical (unpaired) electrons. The van der Waals surface area contributed by atoms with E-state index in [0.717, 1.165) is 6.07 Å². The van der Waals surface area contributed by atoms with Crippen LogP contribution in [0.1, 0.15) is 22.8 Å². The van der Waals surface area contributed by atoms with Crippen molar-refractivity contribution in [1.82, 2.24) is 5.32 Å². The lowest BCUT2D eigenvalue weighted by molar-refractivity contribution is 0.0956. The Labute approximate surface area is 128 Å². The minimum Gasteiger partial charge on any atom is -0.351 e. The number of rotatable bonds is 6. The molecule has 0 saturated carbocycles. The summed E-state index contributed by atoms with van der Waals surface area (Å²) in [6, 6.07) is 3.99. The maximum absolute atomic E-state index is 11.9. The zero-order chi connectivity index (χ0) is 16.3. The number of sulfone groups is 1. The zero-order valence-corrected chi connectivity index (χ0v) is 14.0. The van der Waals surface area contributed by atoms with E-state index in [-0.39, 0.29) is 28.5 Å². The number of aryl methyl sites for hydroxylation is 1. The Balaban J connectivity index is 2.87. The summed E-state index contributed by atoms with van der Waals surface area (Å²) in [7, 11) is -1.85. The third-order valence-corrected chi connectivity index (χ3v) is 5.77. The summed E-state index contributed by atoms with van der Waals surface area (Å²) in [6.07, 6.45) is 0. The topological polar surface area (TPSA) is 97.4 Å². The maximum Gasteiger partial charge on any atom is 0.261 e. The van der Waals surface area contributed by atoms with Gasteiger partial charge in [-0.25, -0.2) is 16.8 Å². The molecule has 0 heterocycles. The van der Waals surface area contributed by atoms with Gasteiger partial charge in [-0.05, 0) is 30.7 Å². The van der Waals surface area contributed by atoms with E-state index < -0.39 is 24.8 Å². The highest BCUT2D eigenvalue weighted by molar-refractivity contribution is 8.13. The van der Waals surface area contributed by atoms with Crippen LogP contribution in [-0.4, -0.2) is 40.8 Å². The molecule has 0 aliphatic heterocycles. The molecule has 0 spiro atoms. The average molecular weight is 354 g/mol. The van der Waals surface area contributed by atoms with E-state index in [4.69, 9.17) is 10.7 Å². The van der Waals surface area contributed by atoms with Gasteiger partial charge in [-0.15, -0.1) is 0 Å². The van der Waals surface area contributed by atoms with Crippen molar-refractivity contribution in [3.05, 3.63) is 29.3 Å². The number of hydrogen-bond donors (Lipinski definition) is 1. The summed E-state index contributed by atoms with van der Waals surface area (Å²) in [6.45, 7) is 3.12. The summed E-state index contributed by atoms with van der Waals surface area (Å²) < 4.78 is 45.2. The van der Waals surface area contributed by atoms with Crippen molar-refractivity contribution in [1.29, 1.82) is 0 Å². The summed E-state index contributed by atoms with van der Waals surface area (Å²) in [4.78, 5) is 11.7. The molecule has 1 aromatic carbocycles. The summed E-state index contributed by atoms with van der Waals surface area (Å²) in [5.74, 6) is -0.712. The van der Waals surface area contributed by atoms with Crippen molar-refractivity contribution < 1.29 is 21.6 Å². The number of nitrogens with one attached hydrogen (secondary N) is 1. The lowest BCUT2D eigenvalue weighted by Gasteiger charge is -2.07. The molecular formula is C12H16ClNO5S2. The fraction of sp³-hybridized carbons (Fsp3) is 0.417. The highest BCUT2D eigenvalue weighted by Gasteiger charge is 2.15. The first-order chi connectivity index (χ1) is 9.55. The largest absolute Gasteiger partial charge is 0.351 e. The molecular weight excluding hydrogens is 338 g/mol. The van der Waals surface area contributed by atoms with Gasteiger partial charge in [0.25, 0.3) is 15.0 Å². The second-order valence-electron chi connectivity index (χ2n) is 4.46. The zero-order valence-electron chi connectivity index (χ0n) is 11.6. The molecule has 21 heavy (non-hydrogen) atoms. The molecule has 0 aliphatic rings. The monoisotopic (exact) mass is 353 g/mol. The van der Waals surface area contributed by atoms with Crippen molar-refractivity contribution in [3.8, 4) is 0 Å². The van der Waals surface area contributed by atoms with Gasteiger partial charge in [0.1, 0.15) is 0 Å². The van der Waals surface area contributed by atoms with Crippen molar-refractivity contribution in [3.63, 3.8) is 0 Å². The quantitative estimate of drug-likeness (QED) is 0.772. The minimum absolute atomic E-state index is 0.00194. The third kappa shape index (κ3) is 5.64. The van der Waals surface area contributed by atoms with E-state index in [1.807, 2.05) is 0 Å². The second-order valence-corrected chi connectivity index (χ2v) is 9.50. The van der Waals surface area contributed by atoms with Crippen LogP contribution in [0.4, 0.5) is 0 Å². The van der Waals surface area contributed by atoms with E-state index in [9.17, 15) is 21.6 Å². The Morgan fingerprint density at radius 1 is 1.19 bits per heavy atom. The van der Waals surface area contributed by atoms with Gasteiger partial charge in [0, 0.05) is 28.5 Å². The Morgan fingerprint density at radius 2 is 1.81 bits per heavy atom. The first-order valence-corrected chi connectivity index (χ1v) is 10.2. The van der Waals surface area contributed by atoms with E-state index in [1.165, 1.54) is 19.1 Å². The molecule has 1 aromatic rings. The van der Waals surface area contributed by atoms with Crippen LogP contribution in [0.2, 0.25) is 0 Å². The smallest absolute Gasteiger partial charge is 0.261 e. The molecule has 6 nitrogen and oxygen atoms in total. The number of benzene rings is 1. The Kier molecular flexibility index (Phi) is 5.77. The molecule has 0 bridgehead atoms. The number of halogens is 1. The van der Waals surface area contributed by atoms with Crippen LogP contribution in [-0.2, 0) is 18.9 Å². The first-order valence-electron chi connectivity index (χ1n) is 6.10. The maximum atomic E-state index is 11.9. The van der Waals surface area contributed by atoms with Crippen LogP contribution in [0.15, 0.2) is 23.1 Å². The van der Waals surface area contributed by atoms with E-state index >= 15 is 0 Å². The standard InChI is InChI=1S/C12H16ClNO5S2/c1-3-20(16,17)5-4-14-12(15)10-6-9(2)7-11(8-10)21(13,18)19/h6-8H,3-5H2,1-2H3,(H,14,15). The molecule has 0 saturated heterocycles. The number of carbonyl (C=O) groups excluding carboxylic acids is 1. The Morgan fingerprint density at radius 3 is 2.33 bits per heavy atom. The molecule has 0 fully saturated rings. The summed E-state index contributed by atoms with van der Waals surface area (Å²) in [5.41, 5.74) is 0.672. The average Bonchev–Trinajstić information content (AvgIpc) is 2.36. The normalized spacial score (nSPS) is 12.1. The first kappa shape index (κ1) is 17.9. The van der Waals surface area contributed by atoms with Gasteiger partial charge < -0.3 is 5.32 Å². The van der Waals surface area contributed by atoms with Crippen LogP contribution < -0.4 is 5.32 Å². The van der Waals surface area contributed by atoms with Crippen molar-refractivity contribution in [2.75, 3.05) is 18.1 Å². The van der Waals surface area contributed by atoms with Crippen LogP contribution in [0.25, 0.3) is 0 Å². The molecule has 0 atom stereocenters. The second kappa shape index (κ2) is 6.76. The summed E-state index contributed by atoms with van der Waals surface area (Å²) in [5, 5.41) is 2.44. The molecule has 0 aromatic heterocycles. The highest BCUT2D eigenvalue weighted by atomic mass is 35.7. The number of carbonyl (C=O) groups is 1. The van der Waals surface area contributed by atoms with Crippen LogP contribution in [0.3, 0.4) is 0 Å². The van der Waals surface area contributed by atoms with Gasteiger partial charge in [-0.1, -0.05) is 6.92 Å². The third-order valence-electron chi connectivity index (χ3n) is 2.73. The van der Waals surface area contributed by atoms with Gasteiger partial charge in [0.15, 0.2) is 9.84 Å². The fourth-order valence-corrected chi connectivity index (χ4v) is 3.15. The Bertz CT molecular complexity index is 741. The molecule has 1 amide bonds. The van der Waals surface area contributed by atoms with E-state index in [1.54, 1.807) is 6.92 Å². The van der Waals surface area contributed by atoms with E-state index in [0.29, 0.717) is 5.56 Å². The van der Waals surface area contributed by atoms with Crippen molar-refractivity contribution in [2.45, 2.75) is 18.7 Å². The summed E-state index contributed by atoms with van der Waals surface area (Å²) >= 11 is 0. The molecule has 0 aliphatic carbocycles. The SMILES string of the molecule is CCS(=O)(=O)CCNC(=O)c1cc(C)cc(S(=O)(=O)Cl)c1. The number of amides is 1. The fourth-order valence-electron chi connectivity index (χ4n) is 1.59. The van der Waals surface area contributed by atoms with Gasteiger partial charge in [0.2, 0.25) is 0 Å². The van der Waals surface area contributed by atoms with Gasteiger partial charge in [-0.3, -0.25) is 4.79 Å². The van der Waals surface area contributed by atoms with Gasteiger partial charge in [0.05, 0.1) is 10.6 Å². The molecule has 1 rings (SSSR count). The molecule has 118 valence electrons. The van der Waals surface area contributed by atoms with Gasteiger partial charge >= 0.3 is 0 Å². The molecule has 9 heteroatoms. The van der Waals surface area contributed by atoms with Crippen LogP contribution >= 0.6 is 10.7 Å². The minimum atomic E-state index is -3.93.